The van der Waals surface area contributed by atoms with Gasteiger partial charge in [0, 0.05) is 17.7 Å². The van der Waals surface area contributed by atoms with Crippen LogP contribution in [0.4, 0.5) is 0 Å². The predicted molar refractivity (Wildman–Crippen MR) is 55.4 cm³/mol. The quantitative estimate of drug-likeness (QED) is 0.652. The third kappa shape index (κ3) is 1.19. The molecule has 14 heavy (non-hydrogen) atoms. The minimum Gasteiger partial charge on any atom is -0.346 e. The van der Waals surface area contributed by atoms with Crippen molar-refractivity contribution in [2.75, 3.05) is 6.54 Å². The summed E-state index contributed by atoms with van der Waals surface area (Å²) >= 11 is 0. The maximum atomic E-state index is 4.64. The van der Waals surface area contributed by atoms with Crippen molar-refractivity contribution in [3.8, 4) is 0 Å². The molecule has 2 N–H and O–H groups in total. The van der Waals surface area contributed by atoms with Gasteiger partial charge in [-0.2, -0.15) is 0 Å². The van der Waals surface area contributed by atoms with E-state index in [0.717, 1.165) is 5.82 Å². The molecule has 0 spiro atoms. The molecule has 2 unspecified atom stereocenters. The molecule has 3 heteroatoms. The van der Waals surface area contributed by atoms with E-state index >= 15 is 0 Å². The van der Waals surface area contributed by atoms with Gasteiger partial charge in [-0.05, 0) is 39.2 Å². The molecule has 0 radical (unpaired) electrons. The van der Waals surface area contributed by atoms with Crippen LogP contribution in [0.5, 0.6) is 0 Å². The third-order valence-electron chi connectivity index (χ3n) is 3.57. The van der Waals surface area contributed by atoms with E-state index in [1.54, 1.807) is 0 Å². The molecular formula is C11H17N3. The Hall–Kier alpha value is -0.830. The monoisotopic (exact) mass is 191 g/mol. The minimum atomic E-state index is 0.678. The Kier molecular flexibility index (Phi) is 1.87. The lowest BCUT2D eigenvalue weighted by molar-refractivity contribution is 0.314. The second-order valence-corrected chi connectivity index (χ2v) is 4.53. The number of aromatic amines is 1. The Labute approximate surface area is 84.3 Å². The molecule has 1 saturated heterocycles. The number of nitrogens with zero attached hydrogens (tertiary/aromatic N) is 1. The molecule has 1 aliphatic carbocycles. The summed E-state index contributed by atoms with van der Waals surface area (Å²) in [6, 6.07) is 0.693. The molecule has 0 amide bonds. The fourth-order valence-corrected chi connectivity index (χ4v) is 2.94. The van der Waals surface area contributed by atoms with Crippen LogP contribution < -0.4 is 5.32 Å². The first kappa shape index (κ1) is 8.48. The lowest BCUT2D eigenvalue weighted by atomic mass is 9.80. The van der Waals surface area contributed by atoms with Gasteiger partial charge in [-0.1, -0.05) is 0 Å². The van der Waals surface area contributed by atoms with Crippen LogP contribution >= 0.6 is 0 Å². The standard InChI is InChI=1S/C11H17N3/c1-7-13-10-5-4-9-8(11(10)14-7)3-2-6-12-9/h8-9,12H,2-6H2,1H3,(H,13,14). The third-order valence-corrected chi connectivity index (χ3v) is 3.57. The van der Waals surface area contributed by atoms with E-state index < -0.39 is 0 Å². The average Bonchev–Trinajstić information content (AvgIpc) is 2.59. The molecule has 2 heterocycles. The van der Waals surface area contributed by atoms with Crippen LogP contribution in [0.15, 0.2) is 0 Å². The number of nitrogens with one attached hydrogen (secondary N) is 2. The summed E-state index contributed by atoms with van der Waals surface area (Å²) in [6.07, 6.45) is 5.06. The van der Waals surface area contributed by atoms with Crippen LogP contribution in [0.25, 0.3) is 0 Å². The average molecular weight is 191 g/mol. The van der Waals surface area contributed by atoms with Gasteiger partial charge in [0.1, 0.15) is 5.82 Å². The molecule has 1 aromatic rings. The van der Waals surface area contributed by atoms with E-state index in [0.29, 0.717) is 12.0 Å². The van der Waals surface area contributed by atoms with Gasteiger partial charge in [0.15, 0.2) is 0 Å². The van der Waals surface area contributed by atoms with Gasteiger partial charge < -0.3 is 10.3 Å². The van der Waals surface area contributed by atoms with Crippen LogP contribution in [0, 0.1) is 6.92 Å². The second-order valence-electron chi connectivity index (χ2n) is 4.53. The lowest BCUT2D eigenvalue weighted by Gasteiger charge is -2.35. The first-order chi connectivity index (χ1) is 6.84. The fourth-order valence-electron chi connectivity index (χ4n) is 2.94. The highest BCUT2D eigenvalue weighted by molar-refractivity contribution is 5.25. The summed E-state index contributed by atoms with van der Waals surface area (Å²) in [6.45, 7) is 3.25. The lowest BCUT2D eigenvalue weighted by Crippen LogP contribution is -2.42. The zero-order valence-electron chi connectivity index (χ0n) is 8.64. The second kappa shape index (κ2) is 3.09. The zero-order chi connectivity index (χ0) is 9.54. The van der Waals surface area contributed by atoms with E-state index in [1.165, 1.54) is 43.6 Å². The SMILES string of the molecule is Cc1nc2c([nH]1)CCC1NCCCC21. The Morgan fingerprint density at radius 2 is 2.29 bits per heavy atom. The normalized spacial score (nSPS) is 30.9. The number of aryl methyl sites for hydroxylation is 2. The highest BCUT2D eigenvalue weighted by atomic mass is 15.0. The fraction of sp³-hybridized carbons (Fsp3) is 0.727. The highest BCUT2D eigenvalue weighted by Crippen LogP contribution is 2.35. The number of fused-ring (bicyclic) bond motifs is 3. The van der Waals surface area contributed by atoms with Gasteiger partial charge in [0.05, 0.1) is 5.69 Å². The van der Waals surface area contributed by atoms with Crippen molar-refractivity contribution < 1.29 is 0 Å². The topological polar surface area (TPSA) is 40.7 Å². The molecule has 2 atom stereocenters. The number of hydrogen-bond acceptors (Lipinski definition) is 2. The van der Waals surface area contributed by atoms with Crippen LogP contribution in [-0.2, 0) is 6.42 Å². The smallest absolute Gasteiger partial charge is 0.103 e. The van der Waals surface area contributed by atoms with Gasteiger partial charge in [-0.3, -0.25) is 0 Å². The number of piperidine rings is 1. The summed E-state index contributed by atoms with van der Waals surface area (Å²) in [7, 11) is 0. The summed E-state index contributed by atoms with van der Waals surface area (Å²) in [5, 5.41) is 3.62. The molecule has 2 aliphatic rings. The van der Waals surface area contributed by atoms with Crippen LogP contribution in [0.3, 0.4) is 0 Å². The van der Waals surface area contributed by atoms with Gasteiger partial charge in [0.2, 0.25) is 0 Å². The summed E-state index contributed by atoms with van der Waals surface area (Å²) < 4.78 is 0. The van der Waals surface area contributed by atoms with Crippen LogP contribution in [0.1, 0.15) is 42.4 Å². The Bertz CT molecular complexity index is 342. The minimum absolute atomic E-state index is 0.678. The Morgan fingerprint density at radius 3 is 3.21 bits per heavy atom. The predicted octanol–water partition coefficient (Wildman–Crippen LogP) is 1.50. The van der Waals surface area contributed by atoms with Crippen molar-refractivity contribution in [3.63, 3.8) is 0 Å². The van der Waals surface area contributed by atoms with Crippen molar-refractivity contribution in [3.05, 3.63) is 17.2 Å². The molecule has 0 bridgehead atoms. The van der Waals surface area contributed by atoms with Gasteiger partial charge >= 0.3 is 0 Å². The van der Waals surface area contributed by atoms with Crippen LogP contribution in [0.2, 0.25) is 0 Å². The van der Waals surface area contributed by atoms with E-state index in [-0.39, 0.29) is 0 Å². The Morgan fingerprint density at radius 1 is 1.36 bits per heavy atom. The number of rotatable bonds is 0. The van der Waals surface area contributed by atoms with Crippen molar-refractivity contribution >= 4 is 0 Å². The summed E-state index contributed by atoms with van der Waals surface area (Å²) in [5.41, 5.74) is 2.75. The van der Waals surface area contributed by atoms with Gasteiger partial charge in [-0.15, -0.1) is 0 Å². The molecular weight excluding hydrogens is 174 g/mol. The largest absolute Gasteiger partial charge is 0.346 e. The first-order valence-corrected chi connectivity index (χ1v) is 5.63. The maximum absolute atomic E-state index is 4.64. The molecule has 1 fully saturated rings. The zero-order valence-corrected chi connectivity index (χ0v) is 8.64. The van der Waals surface area contributed by atoms with Crippen molar-refractivity contribution in [2.24, 2.45) is 0 Å². The van der Waals surface area contributed by atoms with E-state index in [2.05, 4.69) is 22.2 Å². The molecule has 76 valence electrons. The van der Waals surface area contributed by atoms with Crippen LogP contribution in [-0.4, -0.2) is 22.6 Å². The molecule has 1 aromatic heterocycles. The summed E-state index contributed by atoms with van der Waals surface area (Å²) in [5.74, 6) is 1.76. The van der Waals surface area contributed by atoms with Crippen molar-refractivity contribution in [1.29, 1.82) is 0 Å². The maximum Gasteiger partial charge on any atom is 0.103 e. The van der Waals surface area contributed by atoms with E-state index in [4.69, 9.17) is 0 Å². The van der Waals surface area contributed by atoms with E-state index in [1.807, 2.05) is 0 Å². The highest BCUT2D eigenvalue weighted by Gasteiger charge is 2.33. The number of H-pyrrole nitrogens is 1. The number of imidazole rings is 1. The molecule has 0 aromatic carbocycles. The number of aromatic nitrogens is 2. The van der Waals surface area contributed by atoms with Crippen molar-refractivity contribution in [2.45, 2.75) is 44.6 Å². The van der Waals surface area contributed by atoms with Gasteiger partial charge in [0.25, 0.3) is 0 Å². The Balaban J connectivity index is 1.98. The summed E-state index contributed by atoms with van der Waals surface area (Å²) in [4.78, 5) is 8.03. The van der Waals surface area contributed by atoms with Gasteiger partial charge in [-0.25, -0.2) is 4.98 Å². The van der Waals surface area contributed by atoms with E-state index in [9.17, 15) is 0 Å². The first-order valence-electron chi connectivity index (χ1n) is 5.63. The molecule has 3 rings (SSSR count). The number of hydrogen-bond donors (Lipinski definition) is 2. The molecule has 1 aliphatic heterocycles. The molecule has 3 nitrogen and oxygen atoms in total. The molecule has 0 saturated carbocycles. The van der Waals surface area contributed by atoms with Crippen molar-refractivity contribution in [1.82, 2.24) is 15.3 Å².